The zero-order valence-corrected chi connectivity index (χ0v) is 10.8. The second-order valence-corrected chi connectivity index (χ2v) is 4.37. The highest BCUT2D eigenvalue weighted by Crippen LogP contribution is 2.23. The van der Waals surface area contributed by atoms with Gasteiger partial charge in [0.2, 0.25) is 0 Å². The van der Waals surface area contributed by atoms with Crippen LogP contribution in [0.3, 0.4) is 0 Å². The SMILES string of the molecule is N#Cc1ccc(CON2C(=O)c3ccccc3C2=O)nc1. The van der Waals surface area contributed by atoms with Crippen molar-refractivity contribution in [3.8, 4) is 6.07 Å². The minimum absolute atomic E-state index is 0.0306. The fourth-order valence-corrected chi connectivity index (χ4v) is 1.99. The van der Waals surface area contributed by atoms with E-state index in [1.807, 2.05) is 6.07 Å². The molecule has 2 heterocycles. The predicted octanol–water partition coefficient (Wildman–Crippen LogP) is 1.68. The molecule has 0 bridgehead atoms. The lowest BCUT2D eigenvalue weighted by atomic mass is 10.1. The van der Waals surface area contributed by atoms with E-state index in [1.54, 1.807) is 36.4 Å². The van der Waals surface area contributed by atoms with Gasteiger partial charge in [-0.2, -0.15) is 5.26 Å². The third-order valence-corrected chi connectivity index (χ3v) is 3.05. The molecule has 0 N–H and O–H groups in total. The third kappa shape index (κ3) is 2.26. The van der Waals surface area contributed by atoms with Crippen molar-refractivity contribution < 1.29 is 14.4 Å². The first-order valence-electron chi connectivity index (χ1n) is 6.16. The number of benzene rings is 1. The van der Waals surface area contributed by atoms with Crippen LogP contribution in [0.15, 0.2) is 42.6 Å². The number of hydroxylamine groups is 2. The van der Waals surface area contributed by atoms with Gasteiger partial charge in [-0.15, -0.1) is 5.06 Å². The minimum Gasteiger partial charge on any atom is -0.266 e. The number of carbonyl (C=O) groups is 2. The van der Waals surface area contributed by atoms with Crippen LogP contribution >= 0.6 is 0 Å². The van der Waals surface area contributed by atoms with Gasteiger partial charge in [-0.1, -0.05) is 12.1 Å². The van der Waals surface area contributed by atoms with Crippen LogP contribution in [0.1, 0.15) is 32.0 Å². The van der Waals surface area contributed by atoms with Crippen molar-refractivity contribution in [1.82, 2.24) is 10.0 Å². The number of hydrogen-bond acceptors (Lipinski definition) is 5. The average Bonchev–Trinajstić information content (AvgIpc) is 2.78. The van der Waals surface area contributed by atoms with Crippen molar-refractivity contribution in [3.05, 3.63) is 65.0 Å². The van der Waals surface area contributed by atoms with Gasteiger partial charge in [-0.05, 0) is 24.3 Å². The van der Waals surface area contributed by atoms with E-state index in [-0.39, 0.29) is 6.61 Å². The second kappa shape index (κ2) is 5.15. The number of aromatic nitrogens is 1. The van der Waals surface area contributed by atoms with Crippen molar-refractivity contribution in [2.45, 2.75) is 6.61 Å². The van der Waals surface area contributed by atoms with Crippen LogP contribution in [0.4, 0.5) is 0 Å². The molecule has 6 heteroatoms. The number of nitrogens with zero attached hydrogens (tertiary/aromatic N) is 3. The fraction of sp³-hybridized carbons (Fsp3) is 0.0667. The van der Waals surface area contributed by atoms with E-state index in [0.29, 0.717) is 22.4 Å². The Kier molecular flexibility index (Phi) is 3.18. The Morgan fingerprint density at radius 3 is 2.29 bits per heavy atom. The van der Waals surface area contributed by atoms with Gasteiger partial charge < -0.3 is 0 Å². The largest absolute Gasteiger partial charge is 0.285 e. The first-order chi connectivity index (χ1) is 10.2. The van der Waals surface area contributed by atoms with E-state index in [1.165, 1.54) is 6.20 Å². The molecular weight excluding hydrogens is 270 g/mol. The van der Waals surface area contributed by atoms with Crippen LogP contribution in [0.5, 0.6) is 0 Å². The molecule has 0 spiro atoms. The van der Waals surface area contributed by atoms with E-state index in [0.717, 1.165) is 5.06 Å². The topological polar surface area (TPSA) is 83.3 Å². The number of rotatable bonds is 3. The molecule has 2 amide bonds. The molecule has 21 heavy (non-hydrogen) atoms. The van der Waals surface area contributed by atoms with Crippen molar-refractivity contribution in [3.63, 3.8) is 0 Å². The molecule has 1 aromatic heterocycles. The fourth-order valence-electron chi connectivity index (χ4n) is 1.99. The molecule has 3 rings (SSSR count). The van der Waals surface area contributed by atoms with Gasteiger partial charge in [0.15, 0.2) is 0 Å². The summed E-state index contributed by atoms with van der Waals surface area (Å²) < 4.78 is 0. The van der Waals surface area contributed by atoms with Crippen LogP contribution in [0.2, 0.25) is 0 Å². The number of hydrogen-bond donors (Lipinski definition) is 0. The van der Waals surface area contributed by atoms with Crippen LogP contribution in [-0.4, -0.2) is 21.9 Å². The molecule has 1 aliphatic rings. The molecule has 1 aliphatic heterocycles. The summed E-state index contributed by atoms with van der Waals surface area (Å²) in [4.78, 5) is 33.4. The lowest BCUT2D eigenvalue weighted by molar-refractivity contribution is -0.102. The Morgan fingerprint density at radius 2 is 1.76 bits per heavy atom. The Balaban J connectivity index is 1.73. The molecule has 0 radical (unpaired) electrons. The third-order valence-electron chi connectivity index (χ3n) is 3.05. The maximum atomic E-state index is 12.0. The number of pyridine rings is 1. The molecule has 0 fully saturated rings. The quantitative estimate of drug-likeness (QED) is 0.798. The first kappa shape index (κ1) is 13.0. The van der Waals surface area contributed by atoms with Crippen molar-refractivity contribution >= 4 is 11.8 Å². The van der Waals surface area contributed by atoms with Gasteiger partial charge in [-0.25, -0.2) is 0 Å². The van der Waals surface area contributed by atoms with Crippen molar-refractivity contribution in [2.75, 3.05) is 0 Å². The van der Waals surface area contributed by atoms with Crippen LogP contribution in [0.25, 0.3) is 0 Å². The van der Waals surface area contributed by atoms with E-state index >= 15 is 0 Å². The molecule has 6 nitrogen and oxygen atoms in total. The standard InChI is InChI=1S/C15H9N3O3/c16-7-10-5-6-11(17-8-10)9-21-18-14(19)12-3-1-2-4-13(12)15(18)20/h1-6,8H,9H2. The lowest BCUT2D eigenvalue weighted by Crippen LogP contribution is -2.29. The molecule has 0 unspecified atom stereocenters. The Hall–Kier alpha value is -3.04. The van der Waals surface area contributed by atoms with Crippen LogP contribution in [0, 0.1) is 11.3 Å². The highest BCUT2D eigenvalue weighted by atomic mass is 16.7. The number of nitriles is 1. The summed E-state index contributed by atoms with van der Waals surface area (Å²) in [7, 11) is 0. The summed E-state index contributed by atoms with van der Waals surface area (Å²) in [6, 6.07) is 11.7. The molecule has 1 aromatic carbocycles. The van der Waals surface area contributed by atoms with E-state index < -0.39 is 11.8 Å². The molecule has 0 saturated carbocycles. The van der Waals surface area contributed by atoms with E-state index in [2.05, 4.69) is 4.98 Å². The summed E-state index contributed by atoms with van der Waals surface area (Å²) in [5.41, 5.74) is 1.61. The maximum Gasteiger partial charge on any atom is 0.285 e. The van der Waals surface area contributed by atoms with E-state index in [9.17, 15) is 9.59 Å². The zero-order chi connectivity index (χ0) is 14.8. The summed E-state index contributed by atoms with van der Waals surface area (Å²) in [5, 5.41) is 9.42. The smallest absolute Gasteiger partial charge is 0.266 e. The summed E-state index contributed by atoms with van der Waals surface area (Å²) >= 11 is 0. The Bertz CT molecular complexity index is 727. The highest BCUT2D eigenvalue weighted by Gasteiger charge is 2.36. The number of imide groups is 1. The van der Waals surface area contributed by atoms with Crippen LogP contribution < -0.4 is 0 Å². The summed E-state index contributed by atoms with van der Waals surface area (Å²) in [6.07, 6.45) is 1.40. The van der Waals surface area contributed by atoms with Crippen LogP contribution in [-0.2, 0) is 11.4 Å². The Morgan fingerprint density at radius 1 is 1.10 bits per heavy atom. The first-order valence-corrected chi connectivity index (χ1v) is 6.16. The van der Waals surface area contributed by atoms with Crippen molar-refractivity contribution in [2.24, 2.45) is 0 Å². The monoisotopic (exact) mass is 279 g/mol. The normalized spacial score (nSPS) is 13.2. The minimum atomic E-state index is -0.482. The predicted molar refractivity (Wildman–Crippen MR) is 70.7 cm³/mol. The van der Waals surface area contributed by atoms with Gasteiger partial charge in [0, 0.05) is 6.20 Å². The van der Waals surface area contributed by atoms with Gasteiger partial charge >= 0.3 is 0 Å². The van der Waals surface area contributed by atoms with Gasteiger partial charge in [0.05, 0.1) is 22.4 Å². The Labute approximate surface area is 120 Å². The lowest BCUT2D eigenvalue weighted by Gasteiger charge is -2.12. The number of carbonyl (C=O) groups excluding carboxylic acids is 2. The number of amides is 2. The second-order valence-electron chi connectivity index (χ2n) is 4.37. The molecule has 102 valence electrons. The number of fused-ring (bicyclic) bond motifs is 1. The van der Waals surface area contributed by atoms with Gasteiger partial charge in [0.25, 0.3) is 11.8 Å². The molecular formula is C15H9N3O3. The van der Waals surface area contributed by atoms with E-state index in [4.69, 9.17) is 10.1 Å². The van der Waals surface area contributed by atoms with Gasteiger partial charge in [0.1, 0.15) is 12.7 Å². The molecule has 0 saturated heterocycles. The van der Waals surface area contributed by atoms with Crippen molar-refractivity contribution in [1.29, 1.82) is 5.26 Å². The maximum absolute atomic E-state index is 12.0. The summed E-state index contributed by atoms with van der Waals surface area (Å²) in [6.45, 7) is -0.0306. The molecule has 0 aliphatic carbocycles. The summed E-state index contributed by atoms with van der Waals surface area (Å²) in [5.74, 6) is -0.964. The highest BCUT2D eigenvalue weighted by molar-refractivity contribution is 6.20. The molecule has 2 aromatic rings. The van der Waals surface area contributed by atoms with Gasteiger partial charge in [-0.3, -0.25) is 19.4 Å². The zero-order valence-electron chi connectivity index (χ0n) is 10.8. The average molecular weight is 279 g/mol. The molecule has 0 atom stereocenters.